The molecule has 0 aliphatic carbocycles. The number of sulfonamides is 1. The molecule has 2 aliphatic rings. The average Bonchev–Trinajstić information content (AvgIpc) is 3.22. The standard InChI is InChI=1S/C15H22N2O4S2/c1-12-10-17(23(19,20)13-4-3-9-22-13)11-15(12)5-6-16(14(15)18)7-8-21-2/h3-4,9,12H,5-8,10-11H2,1-2H3/t12-,15-/m1/s1. The molecule has 2 saturated heterocycles. The van der Waals surface area contributed by atoms with E-state index in [9.17, 15) is 13.2 Å². The lowest BCUT2D eigenvalue weighted by Gasteiger charge is -2.26. The highest BCUT2D eigenvalue weighted by molar-refractivity contribution is 7.91. The van der Waals surface area contributed by atoms with Gasteiger partial charge in [-0.05, 0) is 23.8 Å². The highest BCUT2D eigenvalue weighted by Gasteiger charge is 2.57. The molecule has 2 aliphatic heterocycles. The van der Waals surface area contributed by atoms with Crippen LogP contribution in [0, 0.1) is 11.3 Å². The van der Waals surface area contributed by atoms with E-state index in [1.807, 2.05) is 6.92 Å². The van der Waals surface area contributed by atoms with Crippen LogP contribution < -0.4 is 0 Å². The first-order chi connectivity index (χ1) is 10.9. The van der Waals surface area contributed by atoms with E-state index in [4.69, 9.17) is 4.74 Å². The monoisotopic (exact) mass is 358 g/mol. The summed E-state index contributed by atoms with van der Waals surface area (Å²) in [5.41, 5.74) is -0.571. The number of rotatable bonds is 5. The van der Waals surface area contributed by atoms with Crippen molar-refractivity contribution in [2.24, 2.45) is 11.3 Å². The molecule has 0 aromatic carbocycles. The zero-order chi connectivity index (χ0) is 16.7. The number of thiophene rings is 1. The molecule has 1 aromatic rings. The number of methoxy groups -OCH3 is 1. The Morgan fingerprint density at radius 2 is 2.26 bits per heavy atom. The fourth-order valence-electron chi connectivity index (χ4n) is 3.61. The maximum absolute atomic E-state index is 12.9. The molecular weight excluding hydrogens is 336 g/mol. The van der Waals surface area contributed by atoms with Crippen molar-refractivity contribution in [3.05, 3.63) is 17.5 Å². The van der Waals surface area contributed by atoms with Gasteiger partial charge in [0.25, 0.3) is 10.0 Å². The van der Waals surface area contributed by atoms with Crippen molar-refractivity contribution in [3.8, 4) is 0 Å². The van der Waals surface area contributed by atoms with Crippen LogP contribution in [0.25, 0.3) is 0 Å². The molecule has 1 amide bonds. The van der Waals surface area contributed by atoms with Crippen molar-refractivity contribution in [1.29, 1.82) is 0 Å². The predicted molar refractivity (Wildman–Crippen MR) is 87.7 cm³/mol. The third-order valence-electron chi connectivity index (χ3n) is 5.07. The maximum Gasteiger partial charge on any atom is 0.252 e. The molecule has 3 rings (SSSR count). The van der Waals surface area contributed by atoms with Crippen molar-refractivity contribution in [2.75, 3.05) is 39.9 Å². The first-order valence-electron chi connectivity index (χ1n) is 7.74. The first-order valence-corrected chi connectivity index (χ1v) is 10.1. The Morgan fingerprint density at radius 3 is 2.91 bits per heavy atom. The van der Waals surface area contributed by atoms with Gasteiger partial charge in [0.1, 0.15) is 4.21 Å². The van der Waals surface area contributed by atoms with Gasteiger partial charge in [-0.3, -0.25) is 4.79 Å². The Bertz CT molecular complexity index is 674. The fourth-order valence-corrected chi connectivity index (χ4v) is 6.36. The van der Waals surface area contributed by atoms with E-state index >= 15 is 0 Å². The van der Waals surface area contributed by atoms with Crippen molar-refractivity contribution in [3.63, 3.8) is 0 Å². The van der Waals surface area contributed by atoms with Crippen molar-refractivity contribution >= 4 is 27.3 Å². The zero-order valence-electron chi connectivity index (χ0n) is 13.4. The highest BCUT2D eigenvalue weighted by Crippen LogP contribution is 2.46. The minimum absolute atomic E-state index is 0.0253. The molecular formula is C15H22N2O4S2. The number of nitrogens with zero attached hydrogens (tertiary/aromatic N) is 2. The lowest BCUT2D eigenvalue weighted by molar-refractivity contribution is -0.137. The lowest BCUT2D eigenvalue weighted by Crippen LogP contribution is -2.41. The van der Waals surface area contributed by atoms with Crippen LogP contribution in [0.4, 0.5) is 0 Å². The number of carbonyl (C=O) groups excluding carboxylic acids is 1. The molecule has 2 atom stereocenters. The van der Waals surface area contributed by atoms with Crippen LogP contribution in [0.1, 0.15) is 13.3 Å². The molecule has 0 radical (unpaired) electrons. The molecule has 6 nitrogen and oxygen atoms in total. The summed E-state index contributed by atoms with van der Waals surface area (Å²) >= 11 is 1.22. The third kappa shape index (κ3) is 2.71. The number of hydrogen-bond acceptors (Lipinski definition) is 5. The smallest absolute Gasteiger partial charge is 0.252 e. The van der Waals surface area contributed by atoms with Gasteiger partial charge in [-0.1, -0.05) is 13.0 Å². The average molecular weight is 358 g/mol. The summed E-state index contributed by atoms with van der Waals surface area (Å²) in [7, 11) is -1.88. The Morgan fingerprint density at radius 1 is 1.48 bits per heavy atom. The van der Waals surface area contributed by atoms with E-state index in [0.717, 1.165) is 0 Å². The van der Waals surface area contributed by atoms with Crippen LogP contribution >= 0.6 is 11.3 Å². The summed E-state index contributed by atoms with van der Waals surface area (Å²) in [6, 6.07) is 3.36. The van der Waals surface area contributed by atoms with Gasteiger partial charge in [-0.25, -0.2) is 8.42 Å². The number of ether oxygens (including phenoxy) is 1. The summed E-state index contributed by atoms with van der Waals surface area (Å²) < 4.78 is 32.4. The Kier molecular flexibility index (Phi) is 4.52. The third-order valence-corrected chi connectivity index (χ3v) is 8.26. The van der Waals surface area contributed by atoms with E-state index in [1.165, 1.54) is 15.6 Å². The van der Waals surface area contributed by atoms with E-state index in [1.54, 1.807) is 29.5 Å². The Balaban J connectivity index is 1.81. The molecule has 8 heteroatoms. The summed E-state index contributed by atoms with van der Waals surface area (Å²) in [5.74, 6) is 0.100. The van der Waals surface area contributed by atoms with Crippen molar-refractivity contribution in [2.45, 2.75) is 17.6 Å². The SMILES string of the molecule is COCCN1CC[C@]2(CN(S(=O)(=O)c3cccs3)C[C@H]2C)C1=O. The fraction of sp³-hybridized carbons (Fsp3) is 0.667. The topological polar surface area (TPSA) is 66.9 Å². The van der Waals surface area contributed by atoms with Crippen LogP contribution in [0.2, 0.25) is 0 Å². The van der Waals surface area contributed by atoms with Gasteiger partial charge in [0.15, 0.2) is 0 Å². The molecule has 3 heterocycles. The van der Waals surface area contributed by atoms with Crippen LogP contribution in [-0.2, 0) is 19.6 Å². The quantitative estimate of drug-likeness (QED) is 0.795. The largest absolute Gasteiger partial charge is 0.383 e. The van der Waals surface area contributed by atoms with Gasteiger partial charge in [0.05, 0.1) is 12.0 Å². The van der Waals surface area contributed by atoms with E-state index in [-0.39, 0.29) is 18.4 Å². The minimum Gasteiger partial charge on any atom is -0.383 e. The Labute approximate surface area is 141 Å². The number of hydrogen-bond donors (Lipinski definition) is 0. The lowest BCUT2D eigenvalue weighted by atomic mass is 9.78. The van der Waals surface area contributed by atoms with Crippen LogP contribution in [0.15, 0.2) is 21.7 Å². The zero-order valence-corrected chi connectivity index (χ0v) is 15.0. The summed E-state index contributed by atoms with van der Waals surface area (Å²) in [4.78, 5) is 14.7. The highest BCUT2D eigenvalue weighted by atomic mass is 32.2. The molecule has 0 N–H and O–H groups in total. The second-order valence-corrected chi connectivity index (χ2v) is 9.43. The van der Waals surface area contributed by atoms with E-state index < -0.39 is 15.4 Å². The Hall–Kier alpha value is -0.960. The van der Waals surface area contributed by atoms with Gasteiger partial charge in [-0.15, -0.1) is 11.3 Å². The van der Waals surface area contributed by atoms with Gasteiger partial charge >= 0.3 is 0 Å². The van der Waals surface area contributed by atoms with Gasteiger partial charge < -0.3 is 9.64 Å². The normalized spacial score (nSPS) is 29.0. The molecule has 1 spiro atoms. The number of carbonyl (C=O) groups is 1. The molecule has 0 saturated carbocycles. The molecule has 23 heavy (non-hydrogen) atoms. The summed E-state index contributed by atoms with van der Waals surface area (Å²) in [6.45, 7) is 4.44. The number of likely N-dealkylation sites (tertiary alicyclic amines) is 1. The van der Waals surface area contributed by atoms with Gasteiger partial charge in [0.2, 0.25) is 5.91 Å². The van der Waals surface area contributed by atoms with Gasteiger partial charge in [0, 0.05) is 33.3 Å². The molecule has 0 unspecified atom stereocenters. The summed E-state index contributed by atoms with van der Waals surface area (Å²) in [6.07, 6.45) is 0.715. The first kappa shape index (κ1) is 16.9. The molecule has 1 aromatic heterocycles. The molecule has 0 bridgehead atoms. The van der Waals surface area contributed by atoms with E-state index in [0.29, 0.717) is 36.9 Å². The van der Waals surface area contributed by atoms with Crippen LogP contribution in [0.5, 0.6) is 0 Å². The van der Waals surface area contributed by atoms with Crippen molar-refractivity contribution < 1.29 is 17.9 Å². The predicted octanol–water partition coefficient (Wildman–Crippen LogP) is 1.25. The van der Waals surface area contributed by atoms with Crippen LogP contribution in [-0.4, -0.2) is 63.4 Å². The maximum atomic E-state index is 12.9. The van der Waals surface area contributed by atoms with Crippen molar-refractivity contribution in [1.82, 2.24) is 9.21 Å². The molecule has 2 fully saturated rings. The second-order valence-electron chi connectivity index (χ2n) is 6.32. The minimum atomic E-state index is -3.49. The number of amides is 1. The molecule has 128 valence electrons. The summed E-state index contributed by atoms with van der Waals surface area (Å²) in [5, 5.41) is 1.76. The van der Waals surface area contributed by atoms with Gasteiger partial charge in [-0.2, -0.15) is 4.31 Å². The van der Waals surface area contributed by atoms with E-state index in [2.05, 4.69) is 0 Å². The van der Waals surface area contributed by atoms with Crippen LogP contribution in [0.3, 0.4) is 0 Å². The second kappa shape index (κ2) is 6.16.